The SMILES string of the molecule is CCOc1cc(/C(O)=C2/C(=O)C(=O)N(CCOC)C2c2ccc(OC)cc2)ccc1Cl. The van der Waals surface area contributed by atoms with Crippen LogP contribution in [0.2, 0.25) is 5.02 Å². The van der Waals surface area contributed by atoms with Crippen LogP contribution >= 0.6 is 11.6 Å². The van der Waals surface area contributed by atoms with Crippen LogP contribution in [0, 0.1) is 0 Å². The van der Waals surface area contributed by atoms with Crippen LogP contribution in [0.15, 0.2) is 48.0 Å². The number of likely N-dealkylation sites (tertiary alicyclic amines) is 1. The molecule has 0 spiro atoms. The lowest BCUT2D eigenvalue weighted by Gasteiger charge is -2.25. The number of carbonyl (C=O) groups excluding carboxylic acids is 2. The highest BCUT2D eigenvalue weighted by atomic mass is 35.5. The maximum atomic E-state index is 12.9. The minimum Gasteiger partial charge on any atom is -0.507 e. The van der Waals surface area contributed by atoms with E-state index in [1.807, 2.05) is 6.92 Å². The van der Waals surface area contributed by atoms with Gasteiger partial charge in [-0.3, -0.25) is 9.59 Å². The van der Waals surface area contributed by atoms with Gasteiger partial charge in [-0.25, -0.2) is 0 Å². The van der Waals surface area contributed by atoms with Gasteiger partial charge in [0.15, 0.2) is 0 Å². The Hall–Kier alpha value is -3.03. The number of carbonyl (C=O) groups is 2. The first-order valence-corrected chi connectivity index (χ1v) is 10.1. The number of rotatable bonds is 8. The minimum atomic E-state index is -0.771. The quantitative estimate of drug-likeness (QED) is 0.378. The smallest absolute Gasteiger partial charge is 0.295 e. The molecule has 0 aliphatic carbocycles. The number of nitrogens with zero attached hydrogens (tertiary/aromatic N) is 1. The fourth-order valence-corrected chi connectivity index (χ4v) is 3.68. The normalized spacial score (nSPS) is 17.8. The Morgan fingerprint density at radius 3 is 2.45 bits per heavy atom. The van der Waals surface area contributed by atoms with Crippen LogP contribution in [0.25, 0.3) is 5.76 Å². The van der Waals surface area contributed by atoms with Crippen molar-refractivity contribution in [2.24, 2.45) is 0 Å². The summed E-state index contributed by atoms with van der Waals surface area (Å²) in [6.45, 7) is 2.64. The summed E-state index contributed by atoms with van der Waals surface area (Å²) in [5.41, 5.74) is 0.990. The number of halogens is 1. The molecule has 7 nitrogen and oxygen atoms in total. The summed E-state index contributed by atoms with van der Waals surface area (Å²) in [5, 5.41) is 11.5. The second-order valence-electron chi connectivity index (χ2n) is 6.84. The van der Waals surface area contributed by atoms with E-state index >= 15 is 0 Å². The molecule has 1 N–H and O–H groups in total. The van der Waals surface area contributed by atoms with Crippen LogP contribution in [0.4, 0.5) is 0 Å². The zero-order valence-corrected chi connectivity index (χ0v) is 18.3. The number of amides is 1. The average molecular weight is 446 g/mol. The standard InChI is InChI=1S/C23H24ClNO6/c1-4-31-18-13-15(7-10-17(18)24)21(26)19-20(14-5-8-16(30-3)9-6-14)25(11-12-29-2)23(28)22(19)27/h5-10,13,20,26H,4,11-12H2,1-3H3/b21-19-. The first-order chi connectivity index (χ1) is 14.9. The third-order valence-electron chi connectivity index (χ3n) is 5.01. The number of ether oxygens (including phenoxy) is 3. The van der Waals surface area contributed by atoms with Gasteiger partial charge in [0.2, 0.25) is 0 Å². The number of hydrogen-bond acceptors (Lipinski definition) is 6. The lowest BCUT2D eigenvalue weighted by molar-refractivity contribution is -0.140. The fourth-order valence-electron chi connectivity index (χ4n) is 3.51. The molecule has 31 heavy (non-hydrogen) atoms. The molecule has 3 rings (SSSR count). The third-order valence-corrected chi connectivity index (χ3v) is 5.32. The highest BCUT2D eigenvalue weighted by Gasteiger charge is 2.45. The van der Waals surface area contributed by atoms with E-state index in [-0.39, 0.29) is 24.5 Å². The monoisotopic (exact) mass is 445 g/mol. The molecule has 0 bridgehead atoms. The van der Waals surface area contributed by atoms with E-state index in [9.17, 15) is 14.7 Å². The van der Waals surface area contributed by atoms with E-state index in [1.54, 1.807) is 49.6 Å². The van der Waals surface area contributed by atoms with Gasteiger partial charge in [0, 0.05) is 19.2 Å². The molecule has 2 aromatic carbocycles. The summed E-state index contributed by atoms with van der Waals surface area (Å²) in [6.07, 6.45) is 0. The summed E-state index contributed by atoms with van der Waals surface area (Å²) in [6, 6.07) is 10.9. The molecule has 1 unspecified atom stereocenters. The fraction of sp³-hybridized carbons (Fsp3) is 0.304. The maximum Gasteiger partial charge on any atom is 0.295 e. The first-order valence-electron chi connectivity index (χ1n) is 9.76. The predicted octanol–water partition coefficient (Wildman–Crippen LogP) is 3.82. The number of aliphatic hydroxyl groups is 1. The van der Waals surface area contributed by atoms with Gasteiger partial charge in [0.05, 0.1) is 37.0 Å². The highest BCUT2D eigenvalue weighted by Crippen LogP contribution is 2.40. The molecule has 1 heterocycles. The van der Waals surface area contributed by atoms with Gasteiger partial charge >= 0.3 is 0 Å². The van der Waals surface area contributed by atoms with E-state index in [4.69, 9.17) is 25.8 Å². The number of aliphatic hydroxyl groups excluding tert-OH is 1. The van der Waals surface area contributed by atoms with Gasteiger partial charge in [-0.2, -0.15) is 0 Å². The second kappa shape index (κ2) is 9.85. The number of Topliss-reactive ketones (excluding diaryl/α,β-unsaturated/α-hetero) is 1. The molecule has 1 amide bonds. The molecule has 1 saturated heterocycles. The van der Waals surface area contributed by atoms with Crippen molar-refractivity contribution in [3.63, 3.8) is 0 Å². The lowest BCUT2D eigenvalue weighted by Crippen LogP contribution is -2.32. The molecule has 8 heteroatoms. The molecular weight excluding hydrogens is 422 g/mol. The molecule has 1 aliphatic heterocycles. The lowest BCUT2D eigenvalue weighted by atomic mass is 9.95. The molecule has 1 atom stereocenters. The number of benzene rings is 2. The van der Waals surface area contributed by atoms with Gasteiger partial charge < -0.3 is 24.2 Å². The summed E-state index contributed by atoms with van der Waals surface area (Å²) in [5.74, 6) is -0.739. The molecule has 164 valence electrons. The maximum absolute atomic E-state index is 12.9. The van der Waals surface area contributed by atoms with Gasteiger partial charge in [-0.15, -0.1) is 0 Å². The Kier molecular flexibility index (Phi) is 7.20. The molecule has 0 radical (unpaired) electrons. The average Bonchev–Trinajstić information content (AvgIpc) is 3.03. The highest BCUT2D eigenvalue weighted by molar-refractivity contribution is 6.46. The van der Waals surface area contributed by atoms with Crippen molar-refractivity contribution < 1.29 is 28.9 Å². The zero-order valence-electron chi connectivity index (χ0n) is 17.6. The Morgan fingerprint density at radius 2 is 1.84 bits per heavy atom. The van der Waals surface area contributed by atoms with Gasteiger partial charge in [0.25, 0.3) is 11.7 Å². The largest absolute Gasteiger partial charge is 0.507 e. The van der Waals surface area contributed by atoms with E-state index in [0.29, 0.717) is 34.3 Å². The van der Waals surface area contributed by atoms with E-state index in [1.165, 1.54) is 12.0 Å². The van der Waals surface area contributed by atoms with Crippen molar-refractivity contribution in [3.05, 3.63) is 64.2 Å². The van der Waals surface area contributed by atoms with Gasteiger partial charge in [0.1, 0.15) is 17.3 Å². The van der Waals surface area contributed by atoms with Crippen molar-refractivity contribution in [3.8, 4) is 11.5 Å². The molecule has 2 aromatic rings. The van der Waals surface area contributed by atoms with E-state index in [2.05, 4.69) is 0 Å². The van der Waals surface area contributed by atoms with Crippen molar-refractivity contribution in [2.75, 3.05) is 34.0 Å². The molecule has 0 aromatic heterocycles. The third kappa shape index (κ3) is 4.52. The van der Waals surface area contributed by atoms with Gasteiger partial charge in [-0.05, 0) is 42.8 Å². The van der Waals surface area contributed by atoms with Crippen LogP contribution in [0.5, 0.6) is 11.5 Å². The van der Waals surface area contributed by atoms with Crippen molar-refractivity contribution in [1.29, 1.82) is 0 Å². The van der Waals surface area contributed by atoms with Crippen LogP contribution in [-0.4, -0.2) is 55.7 Å². The summed E-state index contributed by atoms with van der Waals surface area (Å²) < 4.78 is 15.8. The number of hydrogen-bond donors (Lipinski definition) is 1. The topological polar surface area (TPSA) is 85.3 Å². The van der Waals surface area contributed by atoms with E-state index < -0.39 is 17.7 Å². The molecular formula is C23H24ClNO6. The Balaban J connectivity index is 2.14. The van der Waals surface area contributed by atoms with Crippen LogP contribution in [0.1, 0.15) is 24.1 Å². The van der Waals surface area contributed by atoms with Crippen LogP contribution in [-0.2, 0) is 14.3 Å². The Bertz CT molecular complexity index is 1000. The summed E-state index contributed by atoms with van der Waals surface area (Å²) in [7, 11) is 3.07. The van der Waals surface area contributed by atoms with Crippen molar-refractivity contribution >= 4 is 29.1 Å². The summed E-state index contributed by atoms with van der Waals surface area (Å²) >= 11 is 6.15. The Labute approximate surface area is 185 Å². The van der Waals surface area contributed by atoms with Crippen LogP contribution < -0.4 is 9.47 Å². The van der Waals surface area contributed by atoms with Crippen molar-refractivity contribution in [1.82, 2.24) is 4.90 Å². The van der Waals surface area contributed by atoms with E-state index in [0.717, 1.165) is 0 Å². The molecule has 1 aliphatic rings. The minimum absolute atomic E-state index is 0.00367. The zero-order chi connectivity index (χ0) is 22.5. The van der Waals surface area contributed by atoms with Gasteiger partial charge in [-0.1, -0.05) is 23.7 Å². The second-order valence-corrected chi connectivity index (χ2v) is 7.24. The Morgan fingerprint density at radius 1 is 1.13 bits per heavy atom. The number of ketones is 1. The summed E-state index contributed by atoms with van der Waals surface area (Å²) in [4.78, 5) is 27.1. The predicted molar refractivity (Wildman–Crippen MR) is 117 cm³/mol. The van der Waals surface area contributed by atoms with Crippen molar-refractivity contribution in [2.45, 2.75) is 13.0 Å². The molecule has 0 saturated carbocycles. The number of methoxy groups -OCH3 is 2. The molecule has 1 fully saturated rings. The first kappa shape index (κ1) is 22.7. The van der Waals surface area contributed by atoms with Crippen LogP contribution in [0.3, 0.4) is 0 Å².